The molecule has 0 aromatic heterocycles. The van der Waals surface area contributed by atoms with E-state index >= 15 is 0 Å². The van der Waals surface area contributed by atoms with Crippen LogP contribution in [0.5, 0.6) is 0 Å². The van der Waals surface area contributed by atoms with Gasteiger partial charge in [0.2, 0.25) is 5.91 Å². The molecule has 0 heterocycles. The molecule has 1 saturated carbocycles. The number of nitrogens with one attached hydrogen (secondary N) is 1. The van der Waals surface area contributed by atoms with Crippen LogP contribution in [0.25, 0.3) is 0 Å². The molecule has 3 nitrogen and oxygen atoms in total. The lowest BCUT2D eigenvalue weighted by Gasteiger charge is -2.27. The largest absolute Gasteiger partial charge is 0.343 e. The van der Waals surface area contributed by atoms with Gasteiger partial charge in [0, 0.05) is 25.6 Å². The molecule has 0 aliphatic heterocycles. The van der Waals surface area contributed by atoms with Crippen molar-refractivity contribution in [3.63, 3.8) is 0 Å². The Morgan fingerprint density at radius 2 is 2.07 bits per heavy atom. The van der Waals surface area contributed by atoms with E-state index in [1.54, 1.807) is 0 Å². The van der Waals surface area contributed by atoms with Crippen LogP contribution in [-0.2, 0) is 4.79 Å². The number of carbonyl (C=O) groups excluding carboxylic acids is 1. The zero-order valence-corrected chi connectivity index (χ0v) is 10.3. The van der Waals surface area contributed by atoms with Crippen LogP contribution in [0.3, 0.4) is 0 Å². The lowest BCUT2D eigenvalue weighted by molar-refractivity contribution is -0.135. The summed E-state index contributed by atoms with van der Waals surface area (Å²) in [7, 11) is 1.96. The fourth-order valence-corrected chi connectivity index (χ4v) is 2.27. The van der Waals surface area contributed by atoms with E-state index in [1.165, 1.54) is 25.7 Å². The van der Waals surface area contributed by atoms with Gasteiger partial charge in [0.25, 0.3) is 0 Å². The van der Waals surface area contributed by atoms with Gasteiger partial charge in [0.1, 0.15) is 0 Å². The van der Waals surface area contributed by atoms with Crippen molar-refractivity contribution in [1.29, 1.82) is 0 Å². The number of carbonyl (C=O) groups is 1. The molecule has 1 aliphatic carbocycles. The summed E-state index contributed by atoms with van der Waals surface area (Å²) in [6.45, 7) is 5.81. The molecule has 1 fully saturated rings. The molecule has 15 heavy (non-hydrogen) atoms. The first-order valence-corrected chi connectivity index (χ1v) is 6.14. The van der Waals surface area contributed by atoms with Crippen LogP contribution >= 0.6 is 0 Å². The normalized spacial score (nSPS) is 19.1. The number of nitrogens with zero attached hydrogens (tertiary/aromatic N) is 1. The van der Waals surface area contributed by atoms with Crippen LogP contribution in [0.2, 0.25) is 0 Å². The fourth-order valence-electron chi connectivity index (χ4n) is 2.27. The predicted molar refractivity (Wildman–Crippen MR) is 62.7 cm³/mol. The van der Waals surface area contributed by atoms with Gasteiger partial charge in [0.15, 0.2) is 0 Å². The van der Waals surface area contributed by atoms with Crippen LogP contribution < -0.4 is 5.32 Å². The van der Waals surface area contributed by atoms with Crippen molar-refractivity contribution in [3.8, 4) is 0 Å². The minimum Gasteiger partial charge on any atom is -0.343 e. The van der Waals surface area contributed by atoms with Crippen LogP contribution in [-0.4, -0.2) is 37.0 Å². The zero-order chi connectivity index (χ0) is 11.3. The first-order chi connectivity index (χ1) is 7.16. The molecule has 1 rings (SSSR count). The summed E-state index contributed by atoms with van der Waals surface area (Å²) in [5.74, 6) is 0.401. The topological polar surface area (TPSA) is 32.3 Å². The van der Waals surface area contributed by atoms with E-state index in [1.807, 2.05) is 18.9 Å². The minimum absolute atomic E-state index is 0.107. The molecule has 0 radical (unpaired) electrons. The van der Waals surface area contributed by atoms with Gasteiger partial charge in [-0.2, -0.15) is 0 Å². The number of hydrogen-bond acceptors (Lipinski definition) is 2. The summed E-state index contributed by atoms with van der Waals surface area (Å²) >= 11 is 0. The van der Waals surface area contributed by atoms with E-state index in [4.69, 9.17) is 0 Å². The molecule has 1 unspecified atom stereocenters. The second kappa shape index (κ2) is 6.11. The Morgan fingerprint density at radius 1 is 1.47 bits per heavy atom. The van der Waals surface area contributed by atoms with Crippen molar-refractivity contribution in [2.75, 3.05) is 20.1 Å². The summed E-state index contributed by atoms with van der Waals surface area (Å²) in [5, 5.41) is 3.23. The highest BCUT2D eigenvalue weighted by Crippen LogP contribution is 2.23. The molecule has 1 N–H and O–H groups in total. The lowest BCUT2D eigenvalue weighted by atomic mass is 10.1. The smallest absolute Gasteiger partial charge is 0.226 e. The quantitative estimate of drug-likeness (QED) is 0.751. The van der Waals surface area contributed by atoms with E-state index < -0.39 is 0 Å². The highest BCUT2D eigenvalue weighted by atomic mass is 16.2. The molecular formula is C12H24N2O. The van der Waals surface area contributed by atoms with Gasteiger partial charge in [-0.25, -0.2) is 0 Å². The standard InChI is InChI=1S/C12H24N2O/c1-4-13-9-10(2)12(15)14(3)11-7-5-6-8-11/h10-11,13H,4-9H2,1-3H3. The van der Waals surface area contributed by atoms with Crippen LogP contribution in [0.4, 0.5) is 0 Å². The van der Waals surface area contributed by atoms with Crippen LogP contribution in [0.1, 0.15) is 39.5 Å². The summed E-state index contributed by atoms with van der Waals surface area (Å²) in [6, 6.07) is 0.501. The van der Waals surface area contributed by atoms with Crippen molar-refractivity contribution in [2.45, 2.75) is 45.6 Å². The molecule has 0 saturated heterocycles. The van der Waals surface area contributed by atoms with Crippen LogP contribution in [0, 0.1) is 5.92 Å². The second-order valence-corrected chi connectivity index (χ2v) is 4.60. The SMILES string of the molecule is CCNCC(C)C(=O)N(C)C1CCCC1. The highest BCUT2D eigenvalue weighted by molar-refractivity contribution is 5.78. The van der Waals surface area contributed by atoms with Gasteiger partial charge in [-0.15, -0.1) is 0 Å². The third-order valence-corrected chi connectivity index (χ3v) is 3.34. The van der Waals surface area contributed by atoms with Crippen molar-refractivity contribution >= 4 is 5.91 Å². The highest BCUT2D eigenvalue weighted by Gasteiger charge is 2.25. The molecule has 1 amide bonds. The number of amides is 1. The van der Waals surface area contributed by atoms with Crippen molar-refractivity contribution in [2.24, 2.45) is 5.92 Å². The Balaban J connectivity index is 2.36. The third kappa shape index (κ3) is 3.49. The maximum absolute atomic E-state index is 12.0. The maximum atomic E-state index is 12.0. The second-order valence-electron chi connectivity index (χ2n) is 4.60. The Bertz CT molecular complexity index is 200. The Morgan fingerprint density at radius 3 is 2.60 bits per heavy atom. The van der Waals surface area contributed by atoms with E-state index in [0.29, 0.717) is 11.9 Å². The summed E-state index contributed by atoms with van der Waals surface area (Å²) < 4.78 is 0. The molecule has 0 spiro atoms. The molecule has 0 aromatic carbocycles. The summed E-state index contributed by atoms with van der Waals surface area (Å²) in [6.07, 6.45) is 4.94. The average Bonchev–Trinajstić information content (AvgIpc) is 2.77. The van der Waals surface area contributed by atoms with E-state index in [9.17, 15) is 4.79 Å². The van der Waals surface area contributed by atoms with Gasteiger partial charge in [-0.1, -0.05) is 26.7 Å². The zero-order valence-electron chi connectivity index (χ0n) is 10.3. The third-order valence-electron chi connectivity index (χ3n) is 3.34. The predicted octanol–water partition coefficient (Wildman–Crippen LogP) is 1.63. The van der Waals surface area contributed by atoms with Gasteiger partial charge >= 0.3 is 0 Å². The Hall–Kier alpha value is -0.570. The van der Waals surface area contributed by atoms with E-state index in [2.05, 4.69) is 12.2 Å². The fraction of sp³-hybridized carbons (Fsp3) is 0.917. The molecule has 0 bridgehead atoms. The number of hydrogen-bond donors (Lipinski definition) is 1. The Labute approximate surface area is 93.2 Å². The van der Waals surface area contributed by atoms with Crippen molar-refractivity contribution in [3.05, 3.63) is 0 Å². The lowest BCUT2D eigenvalue weighted by Crippen LogP contribution is -2.41. The Kier molecular flexibility index (Phi) is 5.09. The molecule has 3 heteroatoms. The van der Waals surface area contributed by atoms with Gasteiger partial charge in [-0.3, -0.25) is 4.79 Å². The maximum Gasteiger partial charge on any atom is 0.226 e. The molecular weight excluding hydrogens is 188 g/mol. The summed E-state index contributed by atoms with van der Waals surface area (Å²) in [5.41, 5.74) is 0. The number of rotatable bonds is 5. The van der Waals surface area contributed by atoms with Crippen molar-refractivity contribution < 1.29 is 4.79 Å². The summed E-state index contributed by atoms with van der Waals surface area (Å²) in [4.78, 5) is 14.0. The average molecular weight is 212 g/mol. The minimum atomic E-state index is 0.107. The molecule has 1 atom stereocenters. The van der Waals surface area contributed by atoms with Gasteiger partial charge < -0.3 is 10.2 Å². The van der Waals surface area contributed by atoms with Gasteiger partial charge in [-0.05, 0) is 19.4 Å². The molecule has 88 valence electrons. The van der Waals surface area contributed by atoms with E-state index in [-0.39, 0.29) is 5.92 Å². The van der Waals surface area contributed by atoms with E-state index in [0.717, 1.165) is 13.1 Å². The van der Waals surface area contributed by atoms with Crippen molar-refractivity contribution in [1.82, 2.24) is 10.2 Å². The monoisotopic (exact) mass is 212 g/mol. The molecule has 0 aromatic rings. The first kappa shape index (κ1) is 12.5. The molecule has 1 aliphatic rings. The first-order valence-electron chi connectivity index (χ1n) is 6.14. The van der Waals surface area contributed by atoms with Crippen LogP contribution in [0.15, 0.2) is 0 Å². The van der Waals surface area contributed by atoms with Gasteiger partial charge in [0.05, 0.1) is 0 Å².